The summed E-state index contributed by atoms with van der Waals surface area (Å²) in [5.74, 6) is 0.866. The summed E-state index contributed by atoms with van der Waals surface area (Å²) in [6, 6.07) is 0.341. The van der Waals surface area contributed by atoms with E-state index in [2.05, 4.69) is 12.2 Å². The van der Waals surface area contributed by atoms with E-state index in [1.54, 1.807) is 0 Å². The van der Waals surface area contributed by atoms with Crippen LogP contribution in [0.4, 0.5) is 0 Å². The molecule has 0 bridgehead atoms. The van der Waals surface area contributed by atoms with Crippen LogP contribution in [0.1, 0.15) is 45.4 Å². The Balaban J connectivity index is 2.18. The quantitative estimate of drug-likeness (QED) is 0.686. The molecule has 0 aromatic carbocycles. The van der Waals surface area contributed by atoms with Crippen LogP contribution in [0.2, 0.25) is 0 Å². The smallest absolute Gasteiger partial charge is 0.0584 e. The monoisotopic (exact) mass is 185 g/mol. The Morgan fingerprint density at radius 2 is 2.00 bits per heavy atom. The molecule has 1 rings (SSSR count). The van der Waals surface area contributed by atoms with Crippen molar-refractivity contribution in [3.8, 4) is 0 Å². The lowest BCUT2D eigenvalue weighted by Crippen LogP contribution is -2.34. The normalized spacial score (nSPS) is 21.7. The van der Waals surface area contributed by atoms with Crippen LogP contribution >= 0.6 is 0 Å². The summed E-state index contributed by atoms with van der Waals surface area (Å²) in [6.07, 6.45) is 8.14. The number of likely N-dealkylation sites (N-methyl/N-ethyl adjacent to an activating group) is 1. The highest BCUT2D eigenvalue weighted by atomic mass is 16.3. The highest BCUT2D eigenvalue weighted by Crippen LogP contribution is 2.27. The Hall–Kier alpha value is -0.0800. The van der Waals surface area contributed by atoms with Gasteiger partial charge in [0, 0.05) is 6.04 Å². The minimum absolute atomic E-state index is 0.296. The molecule has 1 atom stereocenters. The van der Waals surface area contributed by atoms with Crippen LogP contribution in [0.15, 0.2) is 0 Å². The molecule has 0 saturated heterocycles. The SMILES string of the molecule is CCNC(CO)CC1CCCCC1. The zero-order valence-electron chi connectivity index (χ0n) is 8.76. The highest BCUT2D eigenvalue weighted by molar-refractivity contribution is 4.73. The van der Waals surface area contributed by atoms with Crippen molar-refractivity contribution in [1.29, 1.82) is 0 Å². The van der Waals surface area contributed by atoms with E-state index in [0.29, 0.717) is 12.6 Å². The highest BCUT2D eigenvalue weighted by Gasteiger charge is 2.17. The lowest BCUT2D eigenvalue weighted by atomic mass is 9.85. The molecule has 1 saturated carbocycles. The van der Waals surface area contributed by atoms with Gasteiger partial charge in [-0.1, -0.05) is 39.0 Å². The molecule has 0 aliphatic heterocycles. The summed E-state index contributed by atoms with van der Waals surface area (Å²) in [6.45, 7) is 3.37. The van der Waals surface area contributed by atoms with Crippen LogP contribution < -0.4 is 5.32 Å². The third-order valence-electron chi connectivity index (χ3n) is 3.06. The molecule has 0 amide bonds. The summed E-state index contributed by atoms with van der Waals surface area (Å²) < 4.78 is 0. The van der Waals surface area contributed by atoms with Crippen molar-refractivity contribution in [3.05, 3.63) is 0 Å². The lowest BCUT2D eigenvalue weighted by molar-refractivity contribution is 0.206. The summed E-state index contributed by atoms with van der Waals surface area (Å²) >= 11 is 0. The topological polar surface area (TPSA) is 32.3 Å². The number of aliphatic hydroxyl groups excluding tert-OH is 1. The average molecular weight is 185 g/mol. The van der Waals surface area contributed by atoms with Gasteiger partial charge >= 0.3 is 0 Å². The largest absolute Gasteiger partial charge is 0.395 e. The maximum atomic E-state index is 9.13. The van der Waals surface area contributed by atoms with E-state index in [4.69, 9.17) is 5.11 Å². The van der Waals surface area contributed by atoms with E-state index in [1.165, 1.54) is 38.5 Å². The van der Waals surface area contributed by atoms with Gasteiger partial charge in [-0.15, -0.1) is 0 Å². The lowest BCUT2D eigenvalue weighted by Gasteiger charge is -2.25. The first-order valence-corrected chi connectivity index (χ1v) is 5.71. The van der Waals surface area contributed by atoms with Gasteiger partial charge in [0.05, 0.1) is 6.61 Å². The predicted octanol–water partition coefficient (Wildman–Crippen LogP) is 1.93. The molecular weight excluding hydrogens is 162 g/mol. The second-order valence-electron chi connectivity index (χ2n) is 4.18. The van der Waals surface area contributed by atoms with Crippen LogP contribution in [0.25, 0.3) is 0 Å². The molecule has 0 aromatic rings. The van der Waals surface area contributed by atoms with Gasteiger partial charge in [-0.2, -0.15) is 0 Å². The van der Waals surface area contributed by atoms with Gasteiger partial charge in [0.1, 0.15) is 0 Å². The fraction of sp³-hybridized carbons (Fsp3) is 1.00. The van der Waals surface area contributed by atoms with E-state index < -0.39 is 0 Å². The number of rotatable bonds is 5. The van der Waals surface area contributed by atoms with E-state index in [0.717, 1.165) is 12.5 Å². The average Bonchev–Trinajstić information content (AvgIpc) is 2.19. The number of hydrogen-bond donors (Lipinski definition) is 2. The molecule has 0 heterocycles. The third kappa shape index (κ3) is 4.10. The van der Waals surface area contributed by atoms with Gasteiger partial charge in [0.15, 0.2) is 0 Å². The third-order valence-corrected chi connectivity index (χ3v) is 3.06. The molecule has 78 valence electrons. The van der Waals surface area contributed by atoms with Crippen molar-refractivity contribution in [3.63, 3.8) is 0 Å². The Morgan fingerprint density at radius 1 is 1.31 bits per heavy atom. The minimum Gasteiger partial charge on any atom is -0.395 e. The van der Waals surface area contributed by atoms with Gasteiger partial charge in [0.25, 0.3) is 0 Å². The molecule has 13 heavy (non-hydrogen) atoms. The molecule has 2 N–H and O–H groups in total. The number of aliphatic hydroxyl groups is 1. The predicted molar refractivity (Wildman–Crippen MR) is 55.7 cm³/mol. The second kappa shape index (κ2) is 6.39. The molecule has 1 aliphatic carbocycles. The fourth-order valence-corrected chi connectivity index (χ4v) is 2.34. The summed E-state index contributed by atoms with van der Waals surface area (Å²) in [4.78, 5) is 0. The van der Waals surface area contributed by atoms with E-state index in [1.807, 2.05) is 0 Å². The molecular formula is C11H23NO. The molecule has 1 fully saturated rings. The first kappa shape index (κ1) is 11.0. The molecule has 0 aromatic heterocycles. The Kier molecular flexibility index (Phi) is 5.40. The minimum atomic E-state index is 0.296. The fourth-order valence-electron chi connectivity index (χ4n) is 2.34. The van der Waals surface area contributed by atoms with Crippen LogP contribution in [-0.4, -0.2) is 24.3 Å². The van der Waals surface area contributed by atoms with Crippen LogP contribution in [0, 0.1) is 5.92 Å². The first-order valence-electron chi connectivity index (χ1n) is 5.71. The van der Waals surface area contributed by atoms with Crippen molar-refractivity contribution >= 4 is 0 Å². The standard InChI is InChI=1S/C11H23NO/c1-2-12-11(9-13)8-10-6-4-3-5-7-10/h10-13H,2-9H2,1H3. The van der Waals surface area contributed by atoms with Crippen LogP contribution in [0.3, 0.4) is 0 Å². The van der Waals surface area contributed by atoms with E-state index in [-0.39, 0.29) is 0 Å². The first-order chi connectivity index (χ1) is 6.36. The van der Waals surface area contributed by atoms with Crippen molar-refractivity contribution < 1.29 is 5.11 Å². The summed E-state index contributed by atoms with van der Waals surface area (Å²) in [5.41, 5.74) is 0. The van der Waals surface area contributed by atoms with Gasteiger partial charge in [-0.3, -0.25) is 0 Å². The zero-order valence-corrected chi connectivity index (χ0v) is 8.76. The molecule has 0 spiro atoms. The van der Waals surface area contributed by atoms with Gasteiger partial charge < -0.3 is 10.4 Å². The van der Waals surface area contributed by atoms with Gasteiger partial charge in [-0.25, -0.2) is 0 Å². The molecule has 2 heteroatoms. The Bertz CT molecular complexity index is 119. The zero-order chi connectivity index (χ0) is 9.52. The van der Waals surface area contributed by atoms with Crippen molar-refractivity contribution in [1.82, 2.24) is 5.32 Å². The Morgan fingerprint density at radius 3 is 2.54 bits per heavy atom. The van der Waals surface area contributed by atoms with Crippen molar-refractivity contribution in [2.75, 3.05) is 13.2 Å². The Labute approximate surface area is 81.7 Å². The summed E-state index contributed by atoms with van der Waals surface area (Å²) in [5, 5.41) is 12.5. The van der Waals surface area contributed by atoms with Crippen molar-refractivity contribution in [2.45, 2.75) is 51.5 Å². The van der Waals surface area contributed by atoms with E-state index >= 15 is 0 Å². The molecule has 1 aliphatic rings. The van der Waals surface area contributed by atoms with Crippen LogP contribution in [0.5, 0.6) is 0 Å². The molecule has 2 nitrogen and oxygen atoms in total. The molecule has 1 unspecified atom stereocenters. The number of nitrogens with one attached hydrogen (secondary N) is 1. The molecule has 0 radical (unpaired) electrons. The van der Waals surface area contributed by atoms with Gasteiger partial charge in [-0.05, 0) is 18.9 Å². The van der Waals surface area contributed by atoms with Gasteiger partial charge in [0.2, 0.25) is 0 Å². The van der Waals surface area contributed by atoms with E-state index in [9.17, 15) is 0 Å². The second-order valence-corrected chi connectivity index (χ2v) is 4.18. The maximum Gasteiger partial charge on any atom is 0.0584 e. The maximum absolute atomic E-state index is 9.13. The summed E-state index contributed by atoms with van der Waals surface area (Å²) in [7, 11) is 0. The van der Waals surface area contributed by atoms with Crippen molar-refractivity contribution in [2.24, 2.45) is 5.92 Å². The number of hydrogen-bond acceptors (Lipinski definition) is 2. The van der Waals surface area contributed by atoms with Crippen LogP contribution in [-0.2, 0) is 0 Å².